The summed E-state index contributed by atoms with van der Waals surface area (Å²) < 4.78 is 0. The maximum atomic E-state index is 5.47. The first kappa shape index (κ1) is 18.9. The molecule has 3 nitrogen and oxygen atoms in total. The molecule has 19 heavy (non-hydrogen) atoms. The Morgan fingerprint density at radius 1 is 0.737 bits per heavy atom. The van der Waals surface area contributed by atoms with Crippen molar-refractivity contribution in [3.63, 3.8) is 0 Å². The fraction of sp³-hybridized carbons (Fsp3) is 1.00. The van der Waals surface area contributed by atoms with Gasteiger partial charge in [0, 0.05) is 0 Å². The van der Waals surface area contributed by atoms with Gasteiger partial charge in [0.2, 0.25) is 0 Å². The predicted molar refractivity (Wildman–Crippen MR) is 86.6 cm³/mol. The molecule has 3 N–H and O–H groups in total. The molecule has 0 rings (SSSR count). The van der Waals surface area contributed by atoms with Gasteiger partial charge in [-0.2, -0.15) is 0 Å². The number of hydrogen-bond acceptors (Lipinski definition) is 3. The van der Waals surface area contributed by atoms with Crippen LogP contribution in [0.25, 0.3) is 0 Å². The third-order valence-electron chi connectivity index (χ3n) is 3.54. The van der Waals surface area contributed by atoms with E-state index in [1.165, 1.54) is 71.1 Å². The molecule has 0 spiro atoms. The Morgan fingerprint density at radius 2 is 1.26 bits per heavy atom. The minimum absolute atomic E-state index is 0.825. The van der Waals surface area contributed by atoms with Gasteiger partial charge in [-0.3, -0.25) is 0 Å². The van der Waals surface area contributed by atoms with Crippen LogP contribution in [0.15, 0.2) is 0 Å². The lowest BCUT2D eigenvalue weighted by Gasteiger charge is -2.21. The fourth-order valence-electron chi connectivity index (χ4n) is 2.20. The number of rotatable bonds is 15. The second-order valence-corrected chi connectivity index (χ2v) is 5.50. The van der Waals surface area contributed by atoms with Crippen LogP contribution in [-0.4, -0.2) is 44.2 Å². The summed E-state index contributed by atoms with van der Waals surface area (Å²) in [6.45, 7) is 11.6. The van der Waals surface area contributed by atoms with Crippen molar-refractivity contribution in [1.82, 2.24) is 10.2 Å². The van der Waals surface area contributed by atoms with E-state index >= 15 is 0 Å². The van der Waals surface area contributed by atoms with Crippen molar-refractivity contribution in [2.75, 3.05) is 39.3 Å². The number of unbranched alkanes of at least 4 members (excludes halogenated alkanes) is 4. The topological polar surface area (TPSA) is 41.3 Å². The van der Waals surface area contributed by atoms with Crippen molar-refractivity contribution >= 4 is 0 Å². The van der Waals surface area contributed by atoms with Gasteiger partial charge in [-0.15, -0.1) is 0 Å². The van der Waals surface area contributed by atoms with Gasteiger partial charge < -0.3 is 16.0 Å². The Kier molecular flexibility index (Phi) is 15.8. The van der Waals surface area contributed by atoms with E-state index in [1.54, 1.807) is 0 Å². The number of hydrogen-bond donors (Lipinski definition) is 2. The van der Waals surface area contributed by atoms with Crippen LogP contribution in [0.4, 0.5) is 0 Å². The van der Waals surface area contributed by atoms with Crippen molar-refractivity contribution in [3.8, 4) is 0 Å². The highest BCUT2D eigenvalue weighted by Gasteiger charge is 2.03. The molecule has 0 radical (unpaired) electrons. The highest BCUT2D eigenvalue weighted by Crippen LogP contribution is 2.01. The molecule has 0 unspecified atom stereocenters. The van der Waals surface area contributed by atoms with Crippen LogP contribution in [0.1, 0.15) is 65.2 Å². The van der Waals surface area contributed by atoms with Crippen molar-refractivity contribution in [1.29, 1.82) is 0 Å². The van der Waals surface area contributed by atoms with Gasteiger partial charge in [0.1, 0.15) is 0 Å². The van der Waals surface area contributed by atoms with Gasteiger partial charge in [-0.25, -0.2) is 0 Å². The molecule has 0 atom stereocenters. The molecule has 3 heteroatoms. The lowest BCUT2D eigenvalue weighted by atomic mass is 10.2. The number of nitrogens with zero attached hydrogens (tertiary/aromatic N) is 1. The van der Waals surface area contributed by atoms with E-state index in [1.807, 2.05) is 0 Å². The van der Waals surface area contributed by atoms with Crippen LogP contribution in [0.5, 0.6) is 0 Å². The SMILES string of the molecule is CCCCN(CCCC)CCCCNCCCCN. The van der Waals surface area contributed by atoms with Gasteiger partial charge in [0.25, 0.3) is 0 Å². The molecule has 0 aliphatic heterocycles. The smallest absolute Gasteiger partial charge is 0.00183 e. The molecular weight excluding hydrogens is 234 g/mol. The zero-order chi connectivity index (χ0) is 14.2. The van der Waals surface area contributed by atoms with Gasteiger partial charge >= 0.3 is 0 Å². The monoisotopic (exact) mass is 271 g/mol. The molecular formula is C16H37N3. The molecule has 0 aromatic rings. The normalized spacial score (nSPS) is 11.4. The maximum Gasteiger partial charge on any atom is -0.00183 e. The minimum atomic E-state index is 0.825. The summed E-state index contributed by atoms with van der Waals surface area (Å²) in [6.07, 6.45) is 10.3. The second kappa shape index (κ2) is 15.9. The average molecular weight is 271 g/mol. The zero-order valence-electron chi connectivity index (χ0n) is 13.4. The highest BCUT2D eigenvalue weighted by molar-refractivity contribution is 4.59. The molecule has 0 aromatic heterocycles. The summed E-state index contributed by atoms with van der Waals surface area (Å²) in [5.41, 5.74) is 5.47. The summed E-state index contributed by atoms with van der Waals surface area (Å²) >= 11 is 0. The summed E-state index contributed by atoms with van der Waals surface area (Å²) in [5, 5.41) is 3.51. The summed E-state index contributed by atoms with van der Waals surface area (Å²) in [7, 11) is 0. The first-order chi connectivity index (χ1) is 9.35. The molecule has 0 aromatic carbocycles. The Labute approximate surface area is 121 Å². The first-order valence-electron chi connectivity index (χ1n) is 8.48. The maximum absolute atomic E-state index is 5.47. The van der Waals surface area contributed by atoms with Crippen molar-refractivity contribution in [2.24, 2.45) is 5.73 Å². The van der Waals surface area contributed by atoms with Crippen LogP contribution < -0.4 is 11.1 Å². The lowest BCUT2D eigenvalue weighted by molar-refractivity contribution is 0.259. The zero-order valence-corrected chi connectivity index (χ0v) is 13.4. The Bertz CT molecular complexity index is 154. The van der Waals surface area contributed by atoms with Crippen LogP contribution >= 0.6 is 0 Å². The Morgan fingerprint density at radius 3 is 1.79 bits per heavy atom. The highest BCUT2D eigenvalue weighted by atomic mass is 15.1. The van der Waals surface area contributed by atoms with Gasteiger partial charge in [0.05, 0.1) is 0 Å². The average Bonchev–Trinajstić information content (AvgIpc) is 2.43. The largest absolute Gasteiger partial charge is 0.330 e. The van der Waals surface area contributed by atoms with Gasteiger partial charge in [-0.1, -0.05) is 26.7 Å². The predicted octanol–water partition coefficient (Wildman–Crippen LogP) is 3.00. The standard InChI is InChI=1S/C16H37N3/c1-3-5-14-19(15-6-4-2)16-10-9-13-18-12-8-7-11-17/h18H,3-17H2,1-2H3. The molecule has 0 aliphatic carbocycles. The lowest BCUT2D eigenvalue weighted by Crippen LogP contribution is -2.28. The van der Waals surface area contributed by atoms with Crippen LogP contribution in [0, 0.1) is 0 Å². The first-order valence-corrected chi connectivity index (χ1v) is 8.48. The summed E-state index contributed by atoms with van der Waals surface area (Å²) in [6, 6.07) is 0. The summed E-state index contributed by atoms with van der Waals surface area (Å²) in [5.74, 6) is 0. The van der Waals surface area contributed by atoms with E-state index < -0.39 is 0 Å². The van der Waals surface area contributed by atoms with E-state index in [0.717, 1.165) is 19.5 Å². The molecule has 0 fully saturated rings. The fourth-order valence-corrected chi connectivity index (χ4v) is 2.20. The third-order valence-corrected chi connectivity index (χ3v) is 3.54. The summed E-state index contributed by atoms with van der Waals surface area (Å²) in [4.78, 5) is 2.65. The van der Waals surface area contributed by atoms with Gasteiger partial charge in [-0.05, 0) is 77.8 Å². The Hall–Kier alpha value is -0.120. The van der Waals surface area contributed by atoms with E-state index in [-0.39, 0.29) is 0 Å². The van der Waals surface area contributed by atoms with Gasteiger partial charge in [0.15, 0.2) is 0 Å². The third kappa shape index (κ3) is 14.1. The molecule has 0 aliphatic rings. The molecule has 0 saturated heterocycles. The number of nitrogens with one attached hydrogen (secondary N) is 1. The second-order valence-electron chi connectivity index (χ2n) is 5.50. The van der Waals surface area contributed by atoms with E-state index in [9.17, 15) is 0 Å². The van der Waals surface area contributed by atoms with Crippen molar-refractivity contribution < 1.29 is 0 Å². The van der Waals surface area contributed by atoms with E-state index in [0.29, 0.717) is 0 Å². The van der Waals surface area contributed by atoms with Crippen LogP contribution in [-0.2, 0) is 0 Å². The van der Waals surface area contributed by atoms with Crippen LogP contribution in [0.3, 0.4) is 0 Å². The quantitative estimate of drug-likeness (QED) is 0.450. The molecule has 0 heterocycles. The number of nitrogens with two attached hydrogens (primary N) is 1. The molecule has 0 saturated carbocycles. The molecule has 0 amide bonds. The van der Waals surface area contributed by atoms with E-state index in [4.69, 9.17) is 5.73 Å². The molecule has 116 valence electrons. The van der Waals surface area contributed by atoms with Crippen molar-refractivity contribution in [2.45, 2.75) is 65.2 Å². The van der Waals surface area contributed by atoms with E-state index in [2.05, 4.69) is 24.1 Å². The van der Waals surface area contributed by atoms with Crippen molar-refractivity contribution in [3.05, 3.63) is 0 Å². The van der Waals surface area contributed by atoms with Crippen LogP contribution in [0.2, 0.25) is 0 Å². The molecule has 0 bridgehead atoms. The Balaban J connectivity index is 3.40. The minimum Gasteiger partial charge on any atom is -0.330 e.